The van der Waals surface area contributed by atoms with Gasteiger partial charge in [0, 0.05) is 12.1 Å². The van der Waals surface area contributed by atoms with E-state index in [4.69, 9.17) is 18.0 Å². The molecule has 0 aliphatic carbocycles. The molecule has 1 fully saturated rings. The highest BCUT2D eigenvalue weighted by Gasteiger charge is 2.17. The molecule has 0 amide bonds. The zero-order chi connectivity index (χ0) is 15.4. The summed E-state index contributed by atoms with van der Waals surface area (Å²) >= 11 is 4.73. The lowest BCUT2D eigenvalue weighted by Gasteiger charge is -2.29. The fraction of sp³-hybridized carbons (Fsp3) is 0.533. The topological polar surface area (TPSA) is 41.3 Å². The quantitative estimate of drug-likeness (QED) is 0.820. The molecule has 1 aliphatic heterocycles. The van der Waals surface area contributed by atoms with Crippen molar-refractivity contribution in [3.05, 3.63) is 29.3 Å². The van der Waals surface area contributed by atoms with Crippen LogP contribution in [0, 0.1) is 17.6 Å². The van der Waals surface area contributed by atoms with Crippen LogP contribution in [0.1, 0.15) is 24.8 Å². The Bertz CT molecular complexity index is 491. The summed E-state index contributed by atoms with van der Waals surface area (Å²) in [4.78, 5) is 2.29. The molecule has 0 spiro atoms. The van der Waals surface area contributed by atoms with Crippen molar-refractivity contribution in [2.45, 2.75) is 19.3 Å². The lowest BCUT2D eigenvalue weighted by atomic mass is 9.94. The van der Waals surface area contributed by atoms with Crippen LogP contribution in [0.3, 0.4) is 0 Å². The van der Waals surface area contributed by atoms with Crippen LogP contribution < -0.4 is 11.1 Å². The van der Waals surface area contributed by atoms with Crippen molar-refractivity contribution in [2.75, 3.05) is 32.0 Å². The smallest absolute Gasteiger partial charge is 0.150 e. The van der Waals surface area contributed by atoms with Crippen LogP contribution in [-0.2, 0) is 0 Å². The summed E-state index contributed by atoms with van der Waals surface area (Å²) < 4.78 is 27.7. The number of nitrogens with one attached hydrogen (secondary N) is 1. The third kappa shape index (κ3) is 4.35. The second kappa shape index (κ2) is 7.13. The summed E-state index contributed by atoms with van der Waals surface area (Å²) in [5.41, 5.74) is 5.50. The first-order chi connectivity index (χ1) is 9.97. The number of thiocarbonyl (C=S) groups is 1. The van der Waals surface area contributed by atoms with Crippen LogP contribution in [0.15, 0.2) is 12.1 Å². The first-order valence-corrected chi connectivity index (χ1v) is 7.59. The maximum Gasteiger partial charge on any atom is 0.150 e. The van der Waals surface area contributed by atoms with Crippen LogP contribution in [0.5, 0.6) is 0 Å². The van der Waals surface area contributed by atoms with Gasteiger partial charge in [0.2, 0.25) is 0 Å². The Balaban J connectivity index is 1.90. The van der Waals surface area contributed by atoms with Gasteiger partial charge in [-0.1, -0.05) is 12.2 Å². The molecule has 0 bridgehead atoms. The van der Waals surface area contributed by atoms with Crippen molar-refractivity contribution in [1.82, 2.24) is 4.90 Å². The highest BCUT2D eigenvalue weighted by Crippen LogP contribution is 2.23. The van der Waals surface area contributed by atoms with E-state index in [1.807, 2.05) is 0 Å². The van der Waals surface area contributed by atoms with Gasteiger partial charge in [-0.05, 0) is 57.5 Å². The number of likely N-dealkylation sites (tertiary alicyclic amines) is 1. The molecule has 116 valence electrons. The number of hydrogen-bond acceptors (Lipinski definition) is 3. The average Bonchev–Trinajstić information content (AvgIpc) is 2.43. The van der Waals surface area contributed by atoms with E-state index >= 15 is 0 Å². The van der Waals surface area contributed by atoms with E-state index in [0.717, 1.165) is 32.4 Å². The number of piperidine rings is 1. The van der Waals surface area contributed by atoms with Crippen LogP contribution >= 0.6 is 12.2 Å². The van der Waals surface area contributed by atoms with Crippen LogP contribution in [-0.4, -0.2) is 36.6 Å². The van der Waals surface area contributed by atoms with Crippen molar-refractivity contribution < 1.29 is 8.78 Å². The summed E-state index contributed by atoms with van der Waals surface area (Å²) in [5, 5.41) is 2.86. The van der Waals surface area contributed by atoms with Gasteiger partial charge in [0.1, 0.15) is 22.3 Å². The lowest BCUT2D eigenvalue weighted by molar-refractivity contribution is 0.215. The second-order valence-corrected chi connectivity index (χ2v) is 6.08. The number of nitrogens with zero attached hydrogens (tertiary/aromatic N) is 1. The van der Waals surface area contributed by atoms with E-state index in [2.05, 4.69) is 17.3 Å². The Kier molecular flexibility index (Phi) is 5.47. The van der Waals surface area contributed by atoms with Crippen LogP contribution in [0.2, 0.25) is 0 Å². The number of nitrogens with two attached hydrogens (primary N) is 1. The Hall–Kier alpha value is -1.27. The Morgan fingerprint density at radius 3 is 2.43 bits per heavy atom. The largest absolute Gasteiger partial charge is 0.389 e. The molecule has 6 heteroatoms. The highest BCUT2D eigenvalue weighted by atomic mass is 32.1. The van der Waals surface area contributed by atoms with Crippen molar-refractivity contribution in [3.8, 4) is 0 Å². The van der Waals surface area contributed by atoms with E-state index in [1.165, 1.54) is 12.1 Å². The lowest BCUT2D eigenvalue weighted by Crippen LogP contribution is -2.30. The maximum absolute atomic E-state index is 13.9. The zero-order valence-electron chi connectivity index (χ0n) is 12.2. The minimum absolute atomic E-state index is 0.00863. The van der Waals surface area contributed by atoms with Gasteiger partial charge in [0.15, 0.2) is 0 Å². The molecule has 3 nitrogen and oxygen atoms in total. The maximum atomic E-state index is 13.9. The first-order valence-electron chi connectivity index (χ1n) is 7.18. The number of anilines is 1. The minimum atomic E-state index is -0.652. The summed E-state index contributed by atoms with van der Waals surface area (Å²) in [5.74, 6) is -0.682. The molecule has 0 saturated carbocycles. The van der Waals surface area contributed by atoms with E-state index < -0.39 is 11.6 Å². The Morgan fingerprint density at radius 1 is 1.33 bits per heavy atom. The summed E-state index contributed by atoms with van der Waals surface area (Å²) in [6.45, 7) is 2.75. The minimum Gasteiger partial charge on any atom is -0.389 e. The predicted molar refractivity (Wildman–Crippen MR) is 85.6 cm³/mol. The van der Waals surface area contributed by atoms with Crippen molar-refractivity contribution in [3.63, 3.8) is 0 Å². The predicted octanol–water partition coefficient (Wildman–Crippen LogP) is 2.74. The summed E-state index contributed by atoms with van der Waals surface area (Å²) in [7, 11) is 2.11. The van der Waals surface area contributed by atoms with Crippen LogP contribution in [0.25, 0.3) is 0 Å². The van der Waals surface area contributed by atoms with Gasteiger partial charge >= 0.3 is 0 Å². The summed E-state index contributed by atoms with van der Waals surface area (Å²) in [6.07, 6.45) is 3.21. The second-order valence-electron chi connectivity index (χ2n) is 5.64. The third-order valence-electron chi connectivity index (χ3n) is 4.02. The molecular weight excluding hydrogens is 292 g/mol. The van der Waals surface area contributed by atoms with Gasteiger partial charge in [-0.2, -0.15) is 0 Å². The van der Waals surface area contributed by atoms with Gasteiger partial charge in [0.25, 0.3) is 0 Å². The van der Waals surface area contributed by atoms with Gasteiger partial charge in [0.05, 0.1) is 0 Å². The third-order valence-corrected chi connectivity index (χ3v) is 4.25. The van der Waals surface area contributed by atoms with Gasteiger partial charge in [-0.3, -0.25) is 0 Å². The molecule has 3 N–H and O–H groups in total. The normalized spacial score (nSPS) is 16.9. The standard InChI is InChI=1S/C15H21F2N3S/c1-20-6-3-10(4-7-20)2-5-19-14-12(16)8-11(15(18)21)9-13(14)17/h8-10,19H,2-7H2,1H3,(H2,18,21). The number of benzene rings is 1. The highest BCUT2D eigenvalue weighted by molar-refractivity contribution is 7.80. The molecule has 0 unspecified atom stereocenters. The fourth-order valence-electron chi connectivity index (χ4n) is 2.64. The van der Waals surface area contributed by atoms with E-state index in [1.54, 1.807) is 0 Å². The van der Waals surface area contributed by atoms with Crippen molar-refractivity contribution in [1.29, 1.82) is 0 Å². The molecule has 0 atom stereocenters. The molecule has 0 radical (unpaired) electrons. The molecule has 1 aliphatic rings. The Morgan fingerprint density at radius 2 is 1.90 bits per heavy atom. The van der Waals surface area contributed by atoms with E-state index in [0.29, 0.717) is 12.5 Å². The van der Waals surface area contributed by atoms with E-state index in [-0.39, 0.29) is 16.2 Å². The average molecular weight is 313 g/mol. The van der Waals surface area contributed by atoms with Crippen molar-refractivity contribution in [2.24, 2.45) is 11.7 Å². The SMILES string of the molecule is CN1CCC(CCNc2c(F)cc(C(N)=S)cc2F)CC1. The monoisotopic (exact) mass is 313 g/mol. The molecular formula is C15H21F2N3S. The van der Waals surface area contributed by atoms with Gasteiger partial charge < -0.3 is 16.0 Å². The molecule has 0 aromatic heterocycles. The van der Waals surface area contributed by atoms with Gasteiger partial charge in [-0.25, -0.2) is 8.78 Å². The number of rotatable bonds is 5. The number of halogens is 2. The van der Waals surface area contributed by atoms with Gasteiger partial charge in [-0.15, -0.1) is 0 Å². The summed E-state index contributed by atoms with van der Waals surface area (Å²) in [6, 6.07) is 2.34. The van der Waals surface area contributed by atoms with Crippen molar-refractivity contribution >= 4 is 22.9 Å². The number of hydrogen-bond donors (Lipinski definition) is 2. The zero-order valence-corrected chi connectivity index (χ0v) is 13.0. The molecule has 1 aromatic rings. The van der Waals surface area contributed by atoms with Crippen LogP contribution in [0.4, 0.5) is 14.5 Å². The Labute approximate surface area is 129 Å². The van der Waals surface area contributed by atoms with E-state index in [9.17, 15) is 8.78 Å². The molecule has 2 rings (SSSR count). The molecule has 1 aromatic carbocycles. The molecule has 1 heterocycles. The molecule has 21 heavy (non-hydrogen) atoms. The first kappa shape index (κ1) is 16.1. The fourth-order valence-corrected chi connectivity index (χ4v) is 2.75. The molecule has 1 saturated heterocycles.